The first-order chi connectivity index (χ1) is 15.6. The van der Waals surface area contributed by atoms with Gasteiger partial charge in [-0.15, -0.1) is 0 Å². The van der Waals surface area contributed by atoms with E-state index in [9.17, 15) is 4.79 Å². The Hall–Kier alpha value is -3.25. The lowest BCUT2D eigenvalue weighted by Gasteiger charge is -2.17. The number of ether oxygens (including phenoxy) is 2. The molecule has 1 aliphatic heterocycles. The molecular weight excluding hydrogens is 402 g/mol. The second-order valence-electron chi connectivity index (χ2n) is 8.07. The molecule has 1 aliphatic rings. The molecule has 2 heterocycles. The van der Waals surface area contributed by atoms with Gasteiger partial charge in [-0.3, -0.25) is 4.79 Å². The van der Waals surface area contributed by atoms with Crippen molar-refractivity contribution in [2.75, 3.05) is 40.4 Å². The maximum atomic E-state index is 13.1. The van der Waals surface area contributed by atoms with Crippen molar-refractivity contribution in [2.24, 2.45) is 0 Å². The fourth-order valence-corrected chi connectivity index (χ4v) is 4.37. The van der Waals surface area contributed by atoms with E-state index in [1.165, 1.54) is 12.8 Å². The highest BCUT2D eigenvalue weighted by Crippen LogP contribution is 2.35. The maximum Gasteiger partial charge on any atom is 0.253 e. The van der Waals surface area contributed by atoms with E-state index in [1.807, 2.05) is 49.4 Å². The number of amides is 1. The van der Waals surface area contributed by atoms with Gasteiger partial charge in [-0.1, -0.05) is 30.3 Å². The van der Waals surface area contributed by atoms with E-state index in [4.69, 9.17) is 9.47 Å². The zero-order valence-electron chi connectivity index (χ0n) is 19.1. The van der Waals surface area contributed by atoms with Gasteiger partial charge >= 0.3 is 0 Å². The predicted octanol–water partition coefficient (Wildman–Crippen LogP) is 4.30. The molecule has 0 atom stereocenters. The Morgan fingerprint density at radius 3 is 2.44 bits per heavy atom. The maximum absolute atomic E-state index is 13.1. The molecule has 0 saturated carbocycles. The number of hydrogen-bond acceptors (Lipinski definition) is 4. The van der Waals surface area contributed by atoms with Crippen LogP contribution in [0.2, 0.25) is 0 Å². The average molecular weight is 434 g/mol. The molecule has 1 fully saturated rings. The highest BCUT2D eigenvalue weighted by molar-refractivity contribution is 5.97. The molecule has 0 bridgehead atoms. The van der Waals surface area contributed by atoms with Gasteiger partial charge in [0.05, 0.1) is 31.2 Å². The van der Waals surface area contributed by atoms with Gasteiger partial charge in [0.25, 0.3) is 5.91 Å². The van der Waals surface area contributed by atoms with Crippen molar-refractivity contribution in [3.8, 4) is 28.4 Å². The lowest BCUT2D eigenvalue weighted by Crippen LogP contribution is -2.33. The number of rotatable bonds is 8. The molecule has 3 aromatic rings. The van der Waals surface area contributed by atoms with Crippen molar-refractivity contribution in [3.05, 3.63) is 65.9 Å². The quantitative estimate of drug-likeness (QED) is 0.576. The average Bonchev–Trinajstić information content (AvgIpc) is 3.47. The van der Waals surface area contributed by atoms with Crippen LogP contribution in [-0.4, -0.2) is 55.8 Å². The molecule has 1 aromatic heterocycles. The molecule has 4 rings (SSSR count). The van der Waals surface area contributed by atoms with Crippen LogP contribution in [0.25, 0.3) is 16.9 Å². The highest BCUT2D eigenvalue weighted by Gasteiger charge is 2.22. The van der Waals surface area contributed by atoms with Crippen LogP contribution >= 0.6 is 0 Å². The minimum Gasteiger partial charge on any atom is -0.497 e. The van der Waals surface area contributed by atoms with Crippen LogP contribution in [0.1, 0.15) is 28.9 Å². The van der Waals surface area contributed by atoms with Crippen molar-refractivity contribution in [1.82, 2.24) is 14.8 Å². The zero-order valence-corrected chi connectivity index (χ0v) is 19.1. The number of methoxy groups -OCH3 is 2. The Morgan fingerprint density at radius 1 is 1.00 bits per heavy atom. The standard InChI is InChI=1S/C26H31N3O3/c1-19-22(26(30)27-13-16-28-14-7-8-15-28)18-24(20-9-5-4-6-10-20)29(19)23-12-11-21(31-2)17-25(23)32-3/h4-6,9-12,17-18H,7-8,13-16H2,1-3H3,(H,27,30). The number of nitrogens with zero attached hydrogens (tertiary/aromatic N) is 2. The molecule has 2 aromatic carbocycles. The van der Waals surface area contributed by atoms with Gasteiger partial charge in [0, 0.05) is 24.8 Å². The molecule has 1 amide bonds. The van der Waals surface area contributed by atoms with Crippen molar-refractivity contribution >= 4 is 5.91 Å². The van der Waals surface area contributed by atoms with Crippen LogP contribution in [0, 0.1) is 6.92 Å². The lowest BCUT2D eigenvalue weighted by atomic mass is 10.1. The zero-order chi connectivity index (χ0) is 22.5. The summed E-state index contributed by atoms with van der Waals surface area (Å²) in [7, 11) is 3.28. The third kappa shape index (κ3) is 4.50. The molecule has 1 saturated heterocycles. The Morgan fingerprint density at radius 2 is 1.75 bits per heavy atom. The van der Waals surface area contributed by atoms with Crippen molar-refractivity contribution in [3.63, 3.8) is 0 Å². The summed E-state index contributed by atoms with van der Waals surface area (Å²) in [5, 5.41) is 3.11. The Balaban J connectivity index is 1.70. The summed E-state index contributed by atoms with van der Waals surface area (Å²) >= 11 is 0. The second kappa shape index (κ2) is 9.92. The van der Waals surface area contributed by atoms with Gasteiger partial charge in [0.15, 0.2) is 0 Å². The van der Waals surface area contributed by atoms with E-state index in [2.05, 4.69) is 26.9 Å². The number of hydrogen-bond donors (Lipinski definition) is 1. The predicted molar refractivity (Wildman–Crippen MR) is 127 cm³/mol. The van der Waals surface area contributed by atoms with Gasteiger partial charge in [-0.05, 0) is 56.6 Å². The van der Waals surface area contributed by atoms with Gasteiger partial charge in [-0.2, -0.15) is 0 Å². The molecule has 0 unspecified atom stereocenters. The number of nitrogens with one attached hydrogen (secondary N) is 1. The molecule has 0 radical (unpaired) electrons. The first-order valence-electron chi connectivity index (χ1n) is 11.1. The van der Waals surface area contributed by atoms with Crippen molar-refractivity contribution in [1.29, 1.82) is 0 Å². The van der Waals surface area contributed by atoms with Crippen LogP contribution in [0.15, 0.2) is 54.6 Å². The number of carbonyl (C=O) groups excluding carboxylic acids is 1. The smallest absolute Gasteiger partial charge is 0.253 e. The SMILES string of the molecule is COc1ccc(-n2c(-c3ccccc3)cc(C(=O)NCCN3CCCC3)c2C)c(OC)c1. The number of benzene rings is 2. The summed E-state index contributed by atoms with van der Waals surface area (Å²) in [5.41, 5.74) is 4.37. The number of carbonyl (C=O) groups is 1. The van der Waals surface area contributed by atoms with E-state index < -0.39 is 0 Å². The van der Waals surface area contributed by atoms with E-state index in [0.29, 0.717) is 17.9 Å². The highest BCUT2D eigenvalue weighted by atomic mass is 16.5. The fourth-order valence-electron chi connectivity index (χ4n) is 4.37. The summed E-state index contributed by atoms with van der Waals surface area (Å²) in [6.45, 7) is 5.77. The minimum absolute atomic E-state index is 0.0508. The molecule has 0 spiro atoms. The van der Waals surface area contributed by atoms with Gasteiger partial charge in [-0.25, -0.2) is 0 Å². The number of aromatic nitrogens is 1. The minimum atomic E-state index is -0.0508. The molecule has 1 N–H and O–H groups in total. The van der Waals surface area contributed by atoms with Crippen LogP contribution in [0.5, 0.6) is 11.5 Å². The molecular formula is C26H31N3O3. The van der Waals surface area contributed by atoms with E-state index in [0.717, 1.165) is 48.0 Å². The van der Waals surface area contributed by atoms with E-state index in [1.54, 1.807) is 14.2 Å². The Bertz CT molecular complexity index is 1070. The van der Waals surface area contributed by atoms with Crippen molar-refractivity contribution in [2.45, 2.75) is 19.8 Å². The summed E-state index contributed by atoms with van der Waals surface area (Å²) in [6.07, 6.45) is 2.50. The normalized spacial score (nSPS) is 13.8. The monoisotopic (exact) mass is 433 g/mol. The third-order valence-electron chi connectivity index (χ3n) is 6.10. The fraction of sp³-hybridized carbons (Fsp3) is 0.346. The Labute approximate surface area is 189 Å². The van der Waals surface area contributed by atoms with E-state index >= 15 is 0 Å². The first kappa shape index (κ1) is 22.0. The van der Waals surface area contributed by atoms with Crippen LogP contribution < -0.4 is 14.8 Å². The molecule has 6 heteroatoms. The first-order valence-corrected chi connectivity index (χ1v) is 11.1. The molecule has 32 heavy (non-hydrogen) atoms. The summed E-state index contributed by atoms with van der Waals surface area (Å²) in [5.74, 6) is 1.35. The van der Waals surface area contributed by atoms with Crippen LogP contribution in [-0.2, 0) is 0 Å². The molecule has 168 valence electrons. The summed E-state index contributed by atoms with van der Waals surface area (Å²) in [6, 6.07) is 17.8. The molecule has 0 aliphatic carbocycles. The number of likely N-dealkylation sites (tertiary alicyclic amines) is 1. The van der Waals surface area contributed by atoms with Crippen molar-refractivity contribution < 1.29 is 14.3 Å². The van der Waals surface area contributed by atoms with E-state index in [-0.39, 0.29) is 5.91 Å². The molecule has 6 nitrogen and oxygen atoms in total. The van der Waals surface area contributed by atoms with Crippen LogP contribution in [0.3, 0.4) is 0 Å². The van der Waals surface area contributed by atoms with Gasteiger partial charge in [0.2, 0.25) is 0 Å². The van der Waals surface area contributed by atoms with Gasteiger partial charge < -0.3 is 24.3 Å². The second-order valence-corrected chi connectivity index (χ2v) is 8.07. The lowest BCUT2D eigenvalue weighted by molar-refractivity contribution is 0.0949. The van der Waals surface area contributed by atoms with Crippen LogP contribution in [0.4, 0.5) is 0 Å². The summed E-state index contributed by atoms with van der Waals surface area (Å²) < 4.78 is 13.1. The summed E-state index contributed by atoms with van der Waals surface area (Å²) in [4.78, 5) is 15.5. The largest absolute Gasteiger partial charge is 0.497 e. The third-order valence-corrected chi connectivity index (χ3v) is 6.10. The Kier molecular flexibility index (Phi) is 6.81. The van der Waals surface area contributed by atoms with Gasteiger partial charge in [0.1, 0.15) is 11.5 Å². The topological polar surface area (TPSA) is 55.7 Å².